The first-order valence-electron chi connectivity index (χ1n) is 16.5. The molecular formula is C45H28N2O2. The van der Waals surface area contributed by atoms with Crippen molar-refractivity contribution in [3.8, 4) is 22.3 Å². The molecule has 0 bridgehead atoms. The molecule has 0 saturated heterocycles. The second-order valence-corrected chi connectivity index (χ2v) is 12.4. The summed E-state index contributed by atoms with van der Waals surface area (Å²) in [5.74, 6) is 0. The van der Waals surface area contributed by atoms with Gasteiger partial charge < -0.3 is 13.7 Å². The van der Waals surface area contributed by atoms with Gasteiger partial charge in [-0.2, -0.15) is 0 Å². The lowest BCUT2D eigenvalue weighted by atomic mass is 10.0. The van der Waals surface area contributed by atoms with Crippen LogP contribution in [0.4, 0.5) is 17.1 Å². The molecule has 0 aliphatic rings. The maximum absolute atomic E-state index is 6.50. The van der Waals surface area contributed by atoms with E-state index in [1.54, 1.807) is 0 Å². The molecule has 0 spiro atoms. The van der Waals surface area contributed by atoms with Crippen molar-refractivity contribution in [2.45, 2.75) is 0 Å². The third-order valence-corrected chi connectivity index (χ3v) is 9.56. The van der Waals surface area contributed by atoms with Crippen LogP contribution in [0.15, 0.2) is 179 Å². The quantitative estimate of drug-likeness (QED) is 0.190. The number of hydrogen-bond acceptors (Lipinski definition) is 4. The highest BCUT2D eigenvalue weighted by Crippen LogP contribution is 2.44. The van der Waals surface area contributed by atoms with Crippen LogP contribution in [-0.2, 0) is 0 Å². The van der Waals surface area contributed by atoms with Crippen molar-refractivity contribution >= 4 is 71.8 Å². The zero-order valence-corrected chi connectivity index (χ0v) is 26.4. The maximum atomic E-state index is 6.50. The van der Waals surface area contributed by atoms with Gasteiger partial charge in [-0.15, -0.1) is 0 Å². The molecule has 0 saturated carbocycles. The zero-order chi connectivity index (χ0) is 32.3. The Labute approximate surface area is 282 Å². The van der Waals surface area contributed by atoms with Gasteiger partial charge in [0.05, 0.1) is 11.1 Å². The first kappa shape index (κ1) is 27.5. The SMILES string of the molecule is c1ccc(-c2ccc(N(c3ccc(-c4cccc5c4oc4ccccc45)cc3)c3ccnc4oc5c6ccccc6ccc5c34)cc2)cc1. The Morgan fingerprint density at radius 2 is 1.10 bits per heavy atom. The summed E-state index contributed by atoms with van der Waals surface area (Å²) >= 11 is 0. The topological polar surface area (TPSA) is 42.4 Å². The molecule has 230 valence electrons. The smallest absolute Gasteiger partial charge is 0.229 e. The van der Waals surface area contributed by atoms with Crippen LogP contribution in [0.1, 0.15) is 0 Å². The Hall–Kier alpha value is -6.65. The van der Waals surface area contributed by atoms with E-state index in [2.05, 4.69) is 150 Å². The lowest BCUT2D eigenvalue weighted by Crippen LogP contribution is -2.10. The van der Waals surface area contributed by atoms with Crippen molar-refractivity contribution in [2.75, 3.05) is 4.90 Å². The first-order chi connectivity index (χ1) is 24.3. The third-order valence-electron chi connectivity index (χ3n) is 9.56. The van der Waals surface area contributed by atoms with E-state index in [9.17, 15) is 0 Å². The molecule has 0 atom stereocenters. The van der Waals surface area contributed by atoms with Crippen molar-refractivity contribution in [1.82, 2.24) is 4.98 Å². The van der Waals surface area contributed by atoms with E-state index in [0.29, 0.717) is 5.71 Å². The molecule has 3 aromatic heterocycles. The highest BCUT2D eigenvalue weighted by molar-refractivity contribution is 6.19. The van der Waals surface area contributed by atoms with Crippen molar-refractivity contribution in [2.24, 2.45) is 0 Å². The molecule has 3 heterocycles. The van der Waals surface area contributed by atoms with Gasteiger partial charge in [0.1, 0.15) is 16.7 Å². The lowest BCUT2D eigenvalue weighted by Gasteiger charge is -2.26. The largest absolute Gasteiger partial charge is 0.455 e. The number of hydrogen-bond donors (Lipinski definition) is 0. The Kier molecular flexibility index (Phi) is 6.15. The predicted octanol–water partition coefficient (Wildman–Crippen LogP) is 12.8. The zero-order valence-electron chi connectivity index (χ0n) is 26.4. The van der Waals surface area contributed by atoms with E-state index >= 15 is 0 Å². The normalized spacial score (nSPS) is 11.7. The molecule has 0 fully saturated rings. The van der Waals surface area contributed by atoms with Gasteiger partial charge in [-0.1, -0.05) is 121 Å². The summed E-state index contributed by atoms with van der Waals surface area (Å²) in [6, 6.07) is 57.3. The number of fused-ring (bicyclic) bond motifs is 8. The second kappa shape index (κ2) is 11.0. The van der Waals surface area contributed by atoms with Crippen LogP contribution in [-0.4, -0.2) is 4.98 Å². The minimum Gasteiger partial charge on any atom is -0.455 e. The van der Waals surface area contributed by atoms with Crippen LogP contribution in [0.25, 0.3) is 77.0 Å². The van der Waals surface area contributed by atoms with E-state index in [1.807, 2.05) is 24.4 Å². The highest BCUT2D eigenvalue weighted by atomic mass is 16.3. The summed E-state index contributed by atoms with van der Waals surface area (Å²) in [6.07, 6.45) is 1.84. The fourth-order valence-corrected chi connectivity index (χ4v) is 7.22. The minimum atomic E-state index is 0.614. The van der Waals surface area contributed by atoms with Gasteiger partial charge in [0.25, 0.3) is 0 Å². The van der Waals surface area contributed by atoms with Crippen LogP contribution < -0.4 is 4.90 Å². The fourth-order valence-electron chi connectivity index (χ4n) is 7.22. The van der Waals surface area contributed by atoms with Crippen LogP contribution >= 0.6 is 0 Å². The molecule has 0 aliphatic carbocycles. The molecule has 10 aromatic rings. The van der Waals surface area contributed by atoms with Gasteiger partial charge in [0.15, 0.2) is 0 Å². The van der Waals surface area contributed by atoms with Crippen molar-refractivity contribution in [3.63, 3.8) is 0 Å². The molecule has 0 radical (unpaired) electrons. The number of furan rings is 2. The molecular weight excluding hydrogens is 601 g/mol. The van der Waals surface area contributed by atoms with E-state index in [4.69, 9.17) is 13.8 Å². The average molecular weight is 629 g/mol. The summed E-state index contributed by atoms with van der Waals surface area (Å²) in [5, 5.41) is 6.48. The molecule has 0 aliphatic heterocycles. The number of nitrogens with zero attached hydrogens (tertiary/aromatic N) is 2. The van der Waals surface area contributed by atoms with Crippen molar-refractivity contribution in [1.29, 1.82) is 0 Å². The van der Waals surface area contributed by atoms with Gasteiger partial charge >= 0.3 is 0 Å². The van der Waals surface area contributed by atoms with Crippen LogP contribution in [0.2, 0.25) is 0 Å². The number of para-hydroxylation sites is 2. The van der Waals surface area contributed by atoms with Crippen LogP contribution in [0.5, 0.6) is 0 Å². The maximum Gasteiger partial charge on any atom is 0.229 e. The van der Waals surface area contributed by atoms with Gasteiger partial charge in [-0.3, -0.25) is 0 Å². The molecule has 0 unspecified atom stereocenters. The standard InChI is InChI=1S/C45H28N2O2/c1-2-9-29(10-3-1)30-17-22-33(23-18-30)47(40-27-28-46-45-42(40)39-26-21-31-11-4-5-12-35(31)44(39)49-45)34-24-19-32(20-25-34)36-14-8-15-38-37-13-6-7-16-41(37)48-43(36)38/h1-28H. The summed E-state index contributed by atoms with van der Waals surface area (Å²) in [5.41, 5.74) is 10.8. The number of rotatable bonds is 5. The fraction of sp³-hybridized carbons (Fsp3) is 0. The molecule has 4 heteroatoms. The monoisotopic (exact) mass is 628 g/mol. The summed E-state index contributed by atoms with van der Waals surface area (Å²) in [4.78, 5) is 7.01. The van der Waals surface area contributed by atoms with E-state index in [-0.39, 0.29) is 0 Å². The number of aromatic nitrogens is 1. The number of anilines is 3. The first-order valence-corrected chi connectivity index (χ1v) is 16.5. The molecule has 10 rings (SSSR count). The molecule has 7 aromatic carbocycles. The minimum absolute atomic E-state index is 0.614. The van der Waals surface area contributed by atoms with Gasteiger partial charge in [0, 0.05) is 44.7 Å². The Morgan fingerprint density at radius 1 is 0.429 bits per heavy atom. The number of benzene rings is 7. The molecule has 0 N–H and O–H groups in total. The molecule has 49 heavy (non-hydrogen) atoms. The molecule has 4 nitrogen and oxygen atoms in total. The highest BCUT2D eigenvalue weighted by Gasteiger charge is 2.21. The lowest BCUT2D eigenvalue weighted by molar-refractivity contribution is 0.657. The second-order valence-electron chi connectivity index (χ2n) is 12.4. The van der Waals surface area contributed by atoms with Gasteiger partial charge in [-0.05, 0) is 64.5 Å². The van der Waals surface area contributed by atoms with Gasteiger partial charge in [-0.25, -0.2) is 4.98 Å². The average Bonchev–Trinajstić information content (AvgIpc) is 3.75. The van der Waals surface area contributed by atoms with Gasteiger partial charge in [0.2, 0.25) is 5.71 Å². The van der Waals surface area contributed by atoms with E-state index in [1.165, 1.54) is 11.1 Å². The van der Waals surface area contributed by atoms with Crippen LogP contribution in [0, 0.1) is 0 Å². The van der Waals surface area contributed by atoms with E-state index < -0.39 is 0 Å². The third kappa shape index (κ3) is 4.42. The van der Waals surface area contributed by atoms with E-state index in [0.717, 1.165) is 77.3 Å². The Morgan fingerprint density at radius 3 is 1.92 bits per heavy atom. The summed E-state index contributed by atoms with van der Waals surface area (Å²) in [7, 11) is 0. The van der Waals surface area contributed by atoms with Crippen molar-refractivity contribution in [3.05, 3.63) is 170 Å². The Balaban J connectivity index is 1.15. The van der Waals surface area contributed by atoms with Crippen LogP contribution in [0.3, 0.4) is 0 Å². The molecule has 0 amide bonds. The van der Waals surface area contributed by atoms with Crippen molar-refractivity contribution < 1.29 is 8.83 Å². The number of pyridine rings is 1. The summed E-state index contributed by atoms with van der Waals surface area (Å²) < 4.78 is 12.9. The Bertz CT molecular complexity index is 2810. The summed E-state index contributed by atoms with van der Waals surface area (Å²) in [6.45, 7) is 0. The predicted molar refractivity (Wildman–Crippen MR) is 202 cm³/mol.